The molecule has 0 bridgehead atoms. The Kier molecular flexibility index (Phi) is 4.18. The van der Waals surface area contributed by atoms with Crippen LogP contribution in [-0.2, 0) is 0 Å². The van der Waals surface area contributed by atoms with E-state index >= 15 is 0 Å². The van der Waals surface area contributed by atoms with Crippen LogP contribution >= 0.6 is 11.8 Å². The fraction of sp³-hybridized carbons (Fsp3) is 1.00. The zero-order valence-corrected chi connectivity index (χ0v) is 9.90. The molecule has 2 unspecified atom stereocenters. The normalized spacial score (nSPS) is 35.8. The summed E-state index contributed by atoms with van der Waals surface area (Å²) in [4.78, 5) is 0. The van der Waals surface area contributed by atoms with Gasteiger partial charge in [-0.1, -0.05) is 32.1 Å². The summed E-state index contributed by atoms with van der Waals surface area (Å²) in [6.45, 7) is 0.932. The molecule has 1 saturated carbocycles. The Morgan fingerprint density at radius 1 is 1.07 bits per heavy atom. The van der Waals surface area contributed by atoms with Crippen molar-refractivity contribution in [2.45, 2.75) is 38.5 Å². The molecule has 1 aliphatic carbocycles. The lowest BCUT2D eigenvalue weighted by molar-refractivity contribution is 0.194. The van der Waals surface area contributed by atoms with Crippen LogP contribution < -0.4 is 5.73 Å². The van der Waals surface area contributed by atoms with Gasteiger partial charge < -0.3 is 5.73 Å². The smallest absolute Gasteiger partial charge is 0.00334 e. The number of nitrogens with two attached hydrogens (primary N) is 1. The van der Waals surface area contributed by atoms with Crippen LogP contribution in [0.5, 0.6) is 0 Å². The summed E-state index contributed by atoms with van der Waals surface area (Å²) in [5.74, 6) is 5.57. The van der Waals surface area contributed by atoms with E-state index in [1.165, 1.54) is 50.0 Å². The maximum atomic E-state index is 5.89. The van der Waals surface area contributed by atoms with E-state index in [1.807, 2.05) is 0 Å². The van der Waals surface area contributed by atoms with Gasteiger partial charge in [0.05, 0.1) is 0 Å². The summed E-state index contributed by atoms with van der Waals surface area (Å²) >= 11 is 2.16. The van der Waals surface area contributed by atoms with E-state index in [1.54, 1.807) is 0 Å². The van der Waals surface area contributed by atoms with Gasteiger partial charge in [0.15, 0.2) is 0 Å². The fourth-order valence-corrected chi connectivity index (χ4v) is 4.63. The first-order chi connectivity index (χ1) is 6.92. The lowest BCUT2D eigenvalue weighted by atomic mass is 9.74. The molecule has 1 saturated heterocycles. The molecule has 0 aromatic heterocycles. The first-order valence-electron chi connectivity index (χ1n) is 6.19. The van der Waals surface area contributed by atoms with E-state index in [-0.39, 0.29) is 0 Å². The van der Waals surface area contributed by atoms with E-state index in [0.717, 1.165) is 24.3 Å². The molecule has 14 heavy (non-hydrogen) atoms. The summed E-state index contributed by atoms with van der Waals surface area (Å²) in [6.07, 6.45) is 8.78. The lowest BCUT2D eigenvalue weighted by Gasteiger charge is -2.38. The Hall–Kier alpha value is 0.310. The van der Waals surface area contributed by atoms with Crippen LogP contribution in [0.2, 0.25) is 0 Å². The molecule has 2 fully saturated rings. The Morgan fingerprint density at radius 2 is 1.86 bits per heavy atom. The second-order valence-electron chi connectivity index (χ2n) is 4.92. The molecule has 1 heterocycles. The van der Waals surface area contributed by atoms with Gasteiger partial charge in [0, 0.05) is 0 Å². The first-order valence-corrected chi connectivity index (χ1v) is 7.35. The predicted octanol–water partition coefficient (Wildman–Crippen LogP) is 2.89. The topological polar surface area (TPSA) is 26.0 Å². The first kappa shape index (κ1) is 10.8. The van der Waals surface area contributed by atoms with Crippen molar-refractivity contribution >= 4 is 11.8 Å². The SMILES string of the molecule is NCC1CCSCC1C1CCCCC1. The van der Waals surface area contributed by atoms with Gasteiger partial charge in [-0.2, -0.15) is 11.8 Å². The third-order valence-corrected chi connectivity index (χ3v) is 5.25. The molecule has 0 spiro atoms. The van der Waals surface area contributed by atoms with Gasteiger partial charge in [-0.05, 0) is 42.2 Å². The van der Waals surface area contributed by atoms with Crippen molar-refractivity contribution in [2.75, 3.05) is 18.1 Å². The molecule has 2 rings (SSSR count). The average molecular weight is 213 g/mol. The van der Waals surface area contributed by atoms with Crippen molar-refractivity contribution in [1.82, 2.24) is 0 Å². The van der Waals surface area contributed by atoms with Crippen LogP contribution in [0, 0.1) is 17.8 Å². The molecule has 82 valence electrons. The molecule has 0 aromatic rings. The molecule has 2 atom stereocenters. The molecule has 0 radical (unpaired) electrons. The fourth-order valence-electron chi connectivity index (χ4n) is 3.18. The monoisotopic (exact) mass is 213 g/mol. The van der Waals surface area contributed by atoms with Gasteiger partial charge in [0.25, 0.3) is 0 Å². The van der Waals surface area contributed by atoms with Crippen LogP contribution in [0.15, 0.2) is 0 Å². The highest BCUT2D eigenvalue weighted by Crippen LogP contribution is 2.39. The van der Waals surface area contributed by atoms with E-state index in [9.17, 15) is 0 Å². The minimum absolute atomic E-state index is 0.847. The van der Waals surface area contributed by atoms with Crippen molar-refractivity contribution in [3.05, 3.63) is 0 Å². The van der Waals surface area contributed by atoms with Crippen LogP contribution in [0.25, 0.3) is 0 Å². The van der Waals surface area contributed by atoms with Gasteiger partial charge in [-0.25, -0.2) is 0 Å². The molecule has 0 amide bonds. The van der Waals surface area contributed by atoms with Crippen LogP contribution in [0.3, 0.4) is 0 Å². The minimum Gasteiger partial charge on any atom is -0.330 e. The highest BCUT2D eigenvalue weighted by molar-refractivity contribution is 7.99. The molecule has 2 heteroatoms. The average Bonchev–Trinajstić information content (AvgIpc) is 2.30. The second-order valence-corrected chi connectivity index (χ2v) is 6.07. The third kappa shape index (κ3) is 2.46. The lowest BCUT2D eigenvalue weighted by Crippen LogP contribution is -2.35. The number of thioether (sulfide) groups is 1. The molecule has 2 N–H and O–H groups in total. The Morgan fingerprint density at radius 3 is 2.57 bits per heavy atom. The van der Waals surface area contributed by atoms with E-state index in [0.29, 0.717) is 0 Å². The molecular formula is C12H23NS. The van der Waals surface area contributed by atoms with Gasteiger partial charge in [-0.3, -0.25) is 0 Å². The summed E-state index contributed by atoms with van der Waals surface area (Å²) in [5.41, 5.74) is 5.89. The van der Waals surface area contributed by atoms with E-state index in [4.69, 9.17) is 5.73 Å². The van der Waals surface area contributed by atoms with Gasteiger partial charge in [0.2, 0.25) is 0 Å². The highest BCUT2D eigenvalue weighted by atomic mass is 32.2. The van der Waals surface area contributed by atoms with Crippen molar-refractivity contribution < 1.29 is 0 Å². The predicted molar refractivity (Wildman–Crippen MR) is 64.6 cm³/mol. The number of hydrogen-bond acceptors (Lipinski definition) is 2. The minimum atomic E-state index is 0.847. The van der Waals surface area contributed by atoms with Crippen molar-refractivity contribution in [1.29, 1.82) is 0 Å². The summed E-state index contributed by atoms with van der Waals surface area (Å²) in [6, 6.07) is 0. The maximum absolute atomic E-state index is 5.89. The summed E-state index contributed by atoms with van der Waals surface area (Å²) in [5, 5.41) is 0. The maximum Gasteiger partial charge on any atom is -0.00334 e. The number of hydrogen-bond donors (Lipinski definition) is 1. The highest BCUT2D eigenvalue weighted by Gasteiger charge is 2.31. The molecular weight excluding hydrogens is 190 g/mol. The third-order valence-electron chi connectivity index (χ3n) is 4.11. The van der Waals surface area contributed by atoms with Crippen LogP contribution in [-0.4, -0.2) is 18.1 Å². The zero-order valence-electron chi connectivity index (χ0n) is 9.08. The van der Waals surface area contributed by atoms with Crippen molar-refractivity contribution in [3.8, 4) is 0 Å². The molecule has 2 aliphatic rings. The largest absolute Gasteiger partial charge is 0.330 e. The molecule has 1 nitrogen and oxygen atoms in total. The van der Waals surface area contributed by atoms with Gasteiger partial charge in [-0.15, -0.1) is 0 Å². The second kappa shape index (κ2) is 5.41. The summed E-state index contributed by atoms with van der Waals surface area (Å²) in [7, 11) is 0. The Labute approximate surface area is 92.2 Å². The van der Waals surface area contributed by atoms with Crippen LogP contribution in [0.4, 0.5) is 0 Å². The van der Waals surface area contributed by atoms with E-state index in [2.05, 4.69) is 11.8 Å². The standard InChI is InChI=1S/C12H23NS/c13-8-11-6-7-14-9-12(11)10-4-2-1-3-5-10/h10-12H,1-9,13H2. The van der Waals surface area contributed by atoms with Gasteiger partial charge in [0.1, 0.15) is 0 Å². The molecule has 0 aromatic carbocycles. The number of rotatable bonds is 2. The van der Waals surface area contributed by atoms with Crippen LogP contribution in [0.1, 0.15) is 38.5 Å². The summed E-state index contributed by atoms with van der Waals surface area (Å²) < 4.78 is 0. The quantitative estimate of drug-likeness (QED) is 0.763. The van der Waals surface area contributed by atoms with E-state index < -0.39 is 0 Å². The molecule has 1 aliphatic heterocycles. The Balaban J connectivity index is 1.91. The van der Waals surface area contributed by atoms with Gasteiger partial charge >= 0.3 is 0 Å². The Bertz CT molecular complexity index is 166. The van der Waals surface area contributed by atoms with Crippen molar-refractivity contribution in [2.24, 2.45) is 23.5 Å². The van der Waals surface area contributed by atoms with Crippen molar-refractivity contribution in [3.63, 3.8) is 0 Å². The zero-order chi connectivity index (χ0) is 9.80.